The molecule has 0 unspecified atom stereocenters. The average molecular weight is 587 g/mol. The highest BCUT2D eigenvalue weighted by Crippen LogP contribution is 2.38. The SMILES string of the molecule is Cn1c(COc2cc(C(F)(F)F)ccn2)nnc1C1CCC(C2=C/[N+](=C/C3CCC(N4CCOCC4)CC3)N=C2)CC1. The van der Waals surface area contributed by atoms with Gasteiger partial charge in [0.15, 0.2) is 12.0 Å². The lowest BCUT2D eigenvalue weighted by molar-refractivity contribution is -0.455. The fourth-order valence-electron chi connectivity index (χ4n) is 6.76. The Kier molecular flexibility index (Phi) is 8.71. The molecule has 6 rings (SSSR count). The largest absolute Gasteiger partial charge is 0.469 e. The molecule has 0 aromatic carbocycles. The van der Waals surface area contributed by atoms with Crippen molar-refractivity contribution < 1.29 is 27.3 Å². The molecule has 42 heavy (non-hydrogen) atoms. The Bertz CT molecular complexity index is 1320. The monoisotopic (exact) mass is 586 g/mol. The maximum Gasteiger partial charge on any atom is 0.416 e. The van der Waals surface area contributed by atoms with Crippen LogP contribution in [-0.4, -0.2) is 74.1 Å². The predicted molar refractivity (Wildman–Crippen MR) is 150 cm³/mol. The van der Waals surface area contributed by atoms with Crippen LogP contribution in [-0.2, 0) is 24.6 Å². The van der Waals surface area contributed by atoms with Gasteiger partial charge in [-0.1, -0.05) is 4.68 Å². The average Bonchev–Trinajstić information content (AvgIpc) is 3.63. The summed E-state index contributed by atoms with van der Waals surface area (Å²) in [6.07, 6.45) is 12.2. The zero-order valence-corrected chi connectivity index (χ0v) is 24.0. The summed E-state index contributed by atoms with van der Waals surface area (Å²) in [5, 5.41) is 13.3. The zero-order chi connectivity index (χ0) is 29.1. The van der Waals surface area contributed by atoms with E-state index < -0.39 is 11.7 Å². The lowest BCUT2D eigenvalue weighted by Gasteiger charge is -2.37. The van der Waals surface area contributed by atoms with Crippen molar-refractivity contribution in [2.45, 2.75) is 76.1 Å². The second-order valence-corrected chi connectivity index (χ2v) is 11.9. The lowest BCUT2D eigenvalue weighted by Crippen LogP contribution is -2.45. The predicted octanol–water partition coefficient (Wildman–Crippen LogP) is 4.94. The minimum Gasteiger partial charge on any atom is -0.469 e. The molecule has 0 spiro atoms. The molecular weight excluding hydrogens is 547 g/mol. The number of aromatic nitrogens is 4. The zero-order valence-electron chi connectivity index (χ0n) is 24.0. The summed E-state index contributed by atoms with van der Waals surface area (Å²) in [5.74, 6) is 2.69. The molecular formula is C30H39F3N7O2+. The van der Waals surface area contributed by atoms with Gasteiger partial charge < -0.3 is 14.0 Å². The van der Waals surface area contributed by atoms with E-state index in [0.29, 0.717) is 23.7 Å². The van der Waals surface area contributed by atoms with E-state index in [4.69, 9.17) is 9.47 Å². The van der Waals surface area contributed by atoms with Crippen molar-refractivity contribution in [3.8, 4) is 5.88 Å². The van der Waals surface area contributed by atoms with E-state index in [0.717, 1.165) is 76.1 Å². The van der Waals surface area contributed by atoms with Crippen LogP contribution in [0.25, 0.3) is 0 Å². The third-order valence-corrected chi connectivity index (χ3v) is 9.26. The molecule has 1 saturated heterocycles. The second kappa shape index (κ2) is 12.6. The first-order chi connectivity index (χ1) is 20.3. The molecule has 2 aromatic heterocycles. The van der Waals surface area contributed by atoms with E-state index in [2.05, 4.69) is 37.6 Å². The number of nitrogens with zero attached hydrogens (tertiary/aromatic N) is 7. The van der Waals surface area contributed by atoms with Gasteiger partial charge in [-0.25, -0.2) is 4.98 Å². The standard InChI is InChI=1S/C30H39F3N7O2/c1-38-27(20-42-28-16-25(10-11-34-28)30(31,32)33)36-37-29(38)23-6-4-22(5-7-23)24-17-35-40(19-24)18-21-2-8-26(9-3-21)39-12-14-41-15-13-39/h10-11,16-19,21-23,26H,2-9,12-15,20H2,1H3/q+1/b40-18-. The van der Waals surface area contributed by atoms with Crippen LogP contribution in [0.1, 0.15) is 74.5 Å². The Hall–Kier alpha value is -3.12. The Balaban J connectivity index is 0.984. The normalized spacial score (nSPS) is 28.3. The van der Waals surface area contributed by atoms with Crippen LogP contribution in [0.5, 0.6) is 5.88 Å². The third kappa shape index (κ3) is 6.75. The first-order valence-corrected chi connectivity index (χ1v) is 15.1. The topological polar surface area (TPSA) is 80.7 Å². The molecule has 0 bridgehead atoms. The van der Waals surface area contributed by atoms with Gasteiger partial charge in [-0.3, -0.25) is 4.90 Å². The van der Waals surface area contributed by atoms with Gasteiger partial charge in [-0.2, -0.15) is 13.2 Å². The number of hydrogen-bond donors (Lipinski definition) is 0. The highest BCUT2D eigenvalue weighted by atomic mass is 19.4. The van der Waals surface area contributed by atoms with Crippen molar-refractivity contribution in [1.29, 1.82) is 0 Å². The Labute approximate surface area is 244 Å². The fraction of sp³-hybridized carbons (Fsp3) is 0.633. The molecule has 2 saturated carbocycles. The molecule has 0 N–H and O–H groups in total. The highest BCUT2D eigenvalue weighted by Gasteiger charge is 2.33. The molecule has 2 aliphatic heterocycles. The van der Waals surface area contributed by atoms with Gasteiger partial charge in [0.2, 0.25) is 12.1 Å². The summed E-state index contributed by atoms with van der Waals surface area (Å²) < 4.78 is 53.9. The number of morpholine rings is 1. The van der Waals surface area contributed by atoms with Crippen molar-refractivity contribution in [2.24, 2.45) is 24.0 Å². The molecule has 2 aliphatic carbocycles. The molecule has 4 heterocycles. The van der Waals surface area contributed by atoms with Crippen molar-refractivity contribution >= 4 is 12.4 Å². The highest BCUT2D eigenvalue weighted by molar-refractivity contribution is 5.80. The van der Waals surface area contributed by atoms with Crippen molar-refractivity contribution in [3.63, 3.8) is 0 Å². The maximum atomic E-state index is 13.0. The minimum absolute atomic E-state index is 0.00228. The van der Waals surface area contributed by atoms with Gasteiger partial charge >= 0.3 is 6.18 Å². The summed E-state index contributed by atoms with van der Waals surface area (Å²) in [4.78, 5) is 6.50. The summed E-state index contributed by atoms with van der Waals surface area (Å²) in [6, 6.07) is 2.52. The summed E-state index contributed by atoms with van der Waals surface area (Å²) in [7, 11) is 1.88. The smallest absolute Gasteiger partial charge is 0.416 e. The van der Waals surface area contributed by atoms with E-state index in [-0.39, 0.29) is 18.4 Å². The number of rotatable bonds is 7. The number of pyridine rings is 1. The Morgan fingerprint density at radius 2 is 1.76 bits per heavy atom. The van der Waals surface area contributed by atoms with E-state index in [1.54, 1.807) is 0 Å². The Morgan fingerprint density at radius 1 is 1.02 bits per heavy atom. The number of ether oxygens (including phenoxy) is 2. The van der Waals surface area contributed by atoms with Crippen LogP contribution < -0.4 is 4.74 Å². The van der Waals surface area contributed by atoms with Crippen molar-refractivity contribution in [1.82, 2.24) is 24.6 Å². The van der Waals surface area contributed by atoms with E-state index in [1.165, 1.54) is 31.3 Å². The molecule has 4 aliphatic rings. The first-order valence-electron chi connectivity index (χ1n) is 15.1. The number of alkyl halides is 3. The van der Waals surface area contributed by atoms with Gasteiger partial charge in [0, 0.05) is 55.9 Å². The molecule has 0 radical (unpaired) electrons. The van der Waals surface area contributed by atoms with Gasteiger partial charge in [-0.15, -0.1) is 10.2 Å². The summed E-state index contributed by atoms with van der Waals surface area (Å²) in [5.41, 5.74) is 0.505. The van der Waals surface area contributed by atoms with Gasteiger partial charge in [0.1, 0.15) is 18.6 Å². The number of hydrogen-bond acceptors (Lipinski definition) is 7. The van der Waals surface area contributed by atoms with Crippen molar-refractivity contribution in [3.05, 3.63) is 47.3 Å². The summed E-state index contributed by atoms with van der Waals surface area (Å²) >= 11 is 0. The van der Waals surface area contributed by atoms with E-state index in [1.807, 2.05) is 22.5 Å². The number of hydrazone groups is 1. The lowest BCUT2D eigenvalue weighted by atomic mass is 9.78. The third-order valence-electron chi connectivity index (χ3n) is 9.26. The molecule has 226 valence electrons. The van der Waals surface area contributed by atoms with Crippen LogP contribution in [0.15, 0.2) is 35.2 Å². The van der Waals surface area contributed by atoms with Gasteiger partial charge in [0.05, 0.1) is 18.8 Å². The second-order valence-electron chi connectivity index (χ2n) is 11.9. The molecule has 9 nitrogen and oxygen atoms in total. The van der Waals surface area contributed by atoms with Crippen LogP contribution in [0.2, 0.25) is 0 Å². The minimum atomic E-state index is -4.45. The number of halogens is 3. The van der Waals surface area contributed by atoms with Gasteiger partial charge in [0.25, 0.3) is 0 Å². The quantitative estimate of drug-likeness (QED) is 0.428. The van der Waals surface area contributed by atoms with Crippen LogP contribution in [0.3, 0.4) is 0 Å². The summed E-state index contributed by atoms with van der Waals surface area (Å²) in [6.45, 7) is 3.86. The molecule has 3 fully saturated rings. The Morgan fingerprint density at radius 3 is 2.50 bits per heavy atom. The van der Waals surface area contributed by atoms with E-state index >= 15 is 0 Å². The molecule has 12 heteroatoms. The maximum absolute atomic E-state index is 13.0. The van der Waals surface area contributed by atoms with Gasteiger partial charge in [-0.05, 0) is 68.5 Å². The first kappa shape index (κ1) is 29.0. The van der Waals surface area contributed by atoms with Crippen LogP contribution >= 0.6 is 0 Å². The fourth-order valence-corrected chi connectivity index (χ4v) is 6.76. The molecule has 0 amide bonds. The number of allylic oxidation sites excluding steroid dienone is 1. The molecule has 0 atom stereocenters. The van der Waals surface area contributed by atoms with E-state index in [9.17, 15) is 13.2 Å². The van der Waals surface area contributed by atoms with Crippen LogP contribution in [0.4, 0.5) is 13.2 Å². The van der Waals surface area contributed by atoms with Crippen molar-refractivity contribution in [2.75, 3.05) is 26.3 Å². The molecule has 2 aromatic rings. The van der Waals surface area contributed by atoms with Crippen LogP contribution in [0, 0.1) is 11.8 Å².